The van der Waals surface area contributed by atoms with Crippen molar-refractivity contribution in [3.8, 4) is 0 Å². The topological polar surface area (TPSA) is 63.3 Å². The van der Waals surface area contributed by atoms with Gasteiger partial charge in [0.2, 0.25) is 0 Å². The smallest absolute Gasteiger partial charge is 0.303 e. The molecule has 0 saturated heterocycles. The Bertz CT molecular complexity index is 137. The van der Waals surface area contributed by atoms with E-state index < -0.39 is 5.97 Å². The van der Waals surface area contributed by atoms with E-state index in [9.17, 15) is 4.79 Å². The number of rotatable bonds is 5. The first-order valence-corrected chi connectivity index (χ1v) is 3.90. The molecule has 3 nitrogen and oxygen atoms in total. The highest BCUT2D eigenvalue weighted by atomic mass is 35.5. The zero-order chi connectivity index (χ0) is 8.91. The first-order valence-electron chi connectivity index (χ1n) is 3.90. The molecule has 0 aromatic heterocycles. The van der Waals surface area contributed by atoms with Gasteiger partial charge in [-0.25, -0.2) is 0 Å². The molecule has 0 heterocycles. The average Bonchev–Trinajstić information content (AvgIpc) is 1.87. The lowest BCUT2D eigenvalue weighted by molar-refractivity contribution is -0.137. The molecule has 0 aliphatic heterocycles. The van der Waals surface area contributed by atoms with E-state index in [2.05, 4.69) is 13.8 Å². The molecule has 0 fully saturated rings. The van der Waals surface area contributed by atoms with Crippen LogP contribution in [0.25, 0.3) is 0 Å². The van der Waals surface area contributed by atoms with E-state index in [0.29, 0.717) is 6.54 Å². The molecular formula is C8H18ClNO2. The Labute approximate surface area is 79.7 Å². The van der Waals surface area contributed by atoms with Crippen molar-refractivity contribution in [1.82, 2.24) is 0 Å². The van der Waals surface area contributed by atoms with Gasteiger partial charge in [-0.3, -0.25) is 4.79 Å². The standard InChI is InChI=1S/C8H17NO2.ClH/c1-8(2,6-9)5-3-4-7(10)11;/h3-6,9H2,1-2H3,(H,10,11);1H. The summed E-state index contributed by atoms with van der Waals surface area (Å²) >= 11 is 0. The molecule has 0 saturated carbocycles. The fourth-order valence-electron chi connectivity index (χ4n) is 0.820. The predicted octanol–water partition coefficient (Wildman–Crippen LogP) is 1.65. The van der Waals surface area contributed by atoms with Crippen LogP contribution in [0.3, 0.4) is 0 Å². The molecule has 0 radical (unpaired) electrons. The van der Waals surface area contributed by atoms with Gasteiger partial charge in [0.25, 0.3) is 0 Å². The lowest BCUT2D eigenvalue weighted by atomic mass is 9.87. The summed E-state index contributed by atoms with van der Waals surface area (Å²) in [5.41, 5.74) is 5.57. The Morgan fingerprint density at radius 3 is 2.33 bits per heavy atom. The van der Waals surface area contributed by atoms with Crippen molar-refractivity contribution in [2.45, 2.75) is 33.1 Å². The number of hydrogen-bond donors (Lipinski definition) is 2. The van der Waals surface area contributed by atoms with Crippen molar-refractivity contribution in [2.24, 2.45) is 11.1 Å². The first kappa shape index (κ1) is 14.3. The van der Waals surface area contributed by atoms with Crippen LogP contribution in [-0.4, -0.2) is 17.6 Å². The maximum absolute atomic E-state index is 10.1. The molecule has 0 aliphatic rings. The summed E-state index contributed by atoms with van der Waals surface area (Å²) < 4.78 is 0. The molecule has 0 bridgehead atoms. The number of aliphatic carboxylic acids is 1. The van der Waals surface area contributed by atoms with E-state index in [4.69, 9.17) is 10.8 Å². The summed E-state index contributed by atoms with van der Waals surface area (Å²) in [6.45, 7) is 4.72. The van der Waals surface area contributed by atoms with Crippen molar-refractivity contribution in [1.29, 1.82) is 0 Å². The number of carboxylic acid groups (broad SMARTS) is 1. The summed E-state index contributed by atoms with van der Waals surface area (Å²) in [7, 11) is 0. The number of halogens is 1. The van der Waals surface area contributed by atoms with Crippen molar-refractivity contribution < 1.29 is 9.90 Å². The molecule has 0 unspecified atom stereocenters. The van der Waals surface area contributed by atoms with Crippen molar-refractivity contribution in [3.63, 3.8) is 0 Å². The summed E-state index contributed by atoms with van der Waals surface area (Å²) in [4.78, 5) is 10.1. The van der Waals surface area contributed by atoms with Crippen LogP contribution in [0.4, 0.5) is 0 Å². The minimum Gasteiger partial charge on any atom is -0.481 e. The Hall–Kier alpha value is -0.280. The summed E-state index contributed by atoms with van der Waals surface area (Å²) in [5, 5.41) is 8.35. The van der Waals surface area contributed by atoms with Crippen LogP contribution in [0.1, 0.15) is 33.1 Å². The number of carbonyl (C=O) groups is 1. The maximum Gasteiger partial charge on any atom is 0.303 e. The van der Waals surface area contributed by atoms with Crippen molar-refractivity contribution >= 4 is 18.4 Å². The second-order valence-corrected chi connectivity index (χ2v) is 3.62. The molecule has 0 aromatic carbocycles. The lowest BCUT2D eigenvalue weighted by Gasteiger charge is -2.21. The largest absolute Gasteiger partial charge is 0.481 e. The van der Waals surface area contributed by atoms with Gasteiger partial charge in [0, 0.05) is 6.42 Å². The fourth-order valence-corrected chi connectivity index (χ4v) is 0.820. The second-order valence-electron chi connectivity index (χ2n) is 3.62. The second kappa shape index (κ2) is 6.26. The van der Waals surface area contributed by atoms with Gasteiger partial charge in [0.1, 0.15) is 0 Å². The van der Waals surface area contributed by atoms with Crippen LogP contribution in [0.2, 0.25) is 0 Å². The van der Waals surface area contributed by atoms with E-state index in [0.717, 1.165) is 12.8 Å². The Morgan fingerprint density at radius 2 is 2.00 bits per heavy atom. The fraction of sp³-hybridized carbons (Fsp3) is 0.875. The molecule has 0 rings (SSSR count). The van der Waals surface area contributed by atoms with Crippen LogP contribution >= 0.6 is 12.4 Å². The lowest BCUT2D eigenvalue weighted by Crippen LogP contribution is -2.23. The average molecular weight is 196 g/mol. The number of nitrogens with two attached hydrogens (primary N) is 1. The highest BCUT2D eigenvalue weighted by Crippen LogP contribution is 2.20. The normalized spacial score (nSPS) is 10.6. The first-order chi connectivity index (χ1) is 4.98. The van der Waals surface area contributed by atoms with Gasteiger partial charge in [-0.05, 0) is 24.8 Å². The van der Waals surface area contributed by atoms with Gasteiger partial charge in [-0.1, -0.05) is 13.8 Å². The Kier molecular flexibility index (Phi) is 7.44. The molecule has 0 spiro atoms. The number of carboxylic acids is 1. The SMILES string of the molecule is CC(C)(CN)CCCC(=O)O.Cl. The van der Waals surface area contributed by atoms with Crippen molar-refractivity contribution in [3.05, 3.63) is 0 Å². The zero-order valence-corrected chi connectivity index (χ0v) is 8.49. The van der Waals surface area contributed by atoms with E-state index in [-0.39, 0.29) is 24.2 Å². The molecular weight excluding hydrogens is 178 g/mol. The van der Waals surface area contributed by atoms with Gasteiger partial charge >= 0.3 is 5.97 Å². The maximum atomic E-state index is 10.1. The third kappa shape index (κ3) is 7.82. The zero-order valence-electron chi connectivity index (χ0n) is 7.67. The van der Waals surface area contributed by atoms with Crippen molar-refractivity contribution in [2.75, 3.05) is 6.54 Å². The molecule has 0 amide bonds. The molecule has 12 heavy (non-hydrogen) atoms. The van der Waals surface area contributed by atoms with Crippen LogP contribution in [0.5, 0.6) is 0 Å². The molecule has 3 N–H and O–H groups in total. The van der Waals surface area contributed by atoms with E-state index in [1.165, 1.54) is 0 Å². The predicted molar refractivity (Wildman–Crippen MR) is 51.6 cm³/mol. The van der Waals surface area contributed by atoms with Crippen LogP contribution in [0.15, 0.2) is 0 Å². The quantitative estimate of drug-likeness (QED) is 0.701. The van der Waals surface area contributed by atoms with Gasteiger partial charge in [0.05, 0.1) is 0 Å². The van der Waals surface area contributed by atoms with Crippen LogP contribution in [-0.2, 0) is 4.79 Å². The van der Waals surface area contributed by atoms with E-state index in [1.54, 1.807) is 0 Å². The van der Waals surface area contributed by atoms with Gasteiger partial charge in [-0.2, -0.15) is 0 Å². The highest BCUT2D eigenvalue weighted by Gasteiger charge is 2.14. The third-order valence-corrected chi connectivity index (χ3v) is 1.80. The molecule has 74 valence electrons. The Morgan fingerprint density at radius 1 is 1.50 bits per heavy atom. The van der Waals surface area contributed by atoms with Crippen LogP contribution < -0.4 is 5.73 Å². The minimum absolute atomic E-state index is 0. The molecule has 0 aliphatic carbocycles. The van der Waals surface area contributed by atoms with Crippen LogP contribution in [0, 0.1) is 5.41 Å². The highest BCUT2D eigenvalue weighted by molar-refractivity contribution is 5.85. The summed E-state index contributed by atoms with van der Waals surface area (Å²) in [6, 6.07) is 0. The van der Waals surface area contributed by atoms with E-state index in [1.807, 2.05) is 0 Å². The molecule has 0 atom stereocenters. The summed E-state index contributed by atoms with van der Waals surface area (Å²) in [6.07, 6.45) is 1.86. The summed E-state index contributed by atoms with van der Waals surface area (Å²) in [5.74, 6) is -0.724. The van der Waals surface area contributed by atoms with Gasteiger partial charge in [-0.15, -0.1) is 12.4 Å². The van der Waals surface area contributed by atoms with Gasteiger partial charge < -0.3 is 10.8 Å². The molecule has 0 aromatic rings. The number of hydrogen-bond acceptors (Lipinski definition) is 2. The Balaban J connectivity index is 0. The van der Waals surface area contributed by atoms with E-state index >= 15 is 0 Å². The third-order valence-electron chi connectivity index (χ3n) is 1.80. The minimum atomic E-state index is -0.724. The monoisotopic (exact) mass is 195 g/mol. The van der Waals surface area contributed by atoms with Gasteiger partial charge in [0.15, 0.2) is 0 Å². The molecule has 4 heteroatoms.